The van der Waals surface area contributed by atoms with Gasteiger partial charge >= 0.3 is 0 Å². The second kappa shape index (κ2) is 4.67. The van der Waals surface area contributed by atoms with E-state index in [1.165, 1.54) is 24.9 Å². The predicted octanol–water partition coefficient (Wildman–Crippen LogP) is 2.47. The molecule has 0 saturated carbocycles. The monoisotopic (exact) mass is 205 g/mol. The summed E-state index contributed by atoms with van der Waals surface area (Å²) in [5.41, 5.74) is 1.28. The number of hydrogen-bond donors (Lipinski definition) is 0. The molecule has 1 aromatic rings. The van der Waals surface area contributed by atoms with Crippen LogP contribution in [0.25, 0.3) is 0 Å². The molecule has 2 heteroatoms. The largest absolute Gasteiger partial charge is 0.492 e. The highest BCUT2D eigenvalue weighted by Crippen LogP contribution is 2.17. The molecule has 0 amide bonds. The Bertz CT molecular complexity index is 307. The molecule has 1 fully saturated rings. The number of ether oxygens (including phenoxy) is 1. The molecule has 0 N–H and O–H groups in total. The zero-order valence-electron chi connectivity index (χ0n) is 9.57. The van der Waals surface area contributed by atoms with Gasteiger partial charge in [0.2, 0.25) is 0 Å². The van der Waals surface area contributed by atoms with Gasteiger partial charge in [-0.25, -0.2) is 0 Å². The molecule has 15 heavy (non-hydrogen) atoms. The second-order valence-electron chi connectivity index (χ2n) is 4.40. The fraction of sp³-hybridized carbons (Fsp3) is 0.538. The number of likely N-dealkylation sites (N-methyl/N-ethyl adjacent to an activating group) is 1. The van der Waals surface area contributed by atoms with Gasteiger partial charge in [-0.1, -0.05) is 17.7 Å². The van der Waals surface area contributed by atoms with Crippen LogP contribution in [0, 0.1) is 6.92 Å². The van der Waals surface area contributed by atoms with Gasteiger partial charge < -0.3 is 9.64 Å². The summed E-state index contributed by atoms with van der Waals surface area (Å²) in [6.45, 7) is 4.12. The Morgan fingerprint density at radius 1 is 1.33 bits per heavy atom. The number of rotatable bonds is 3. The van der Waals surface area contributed by atoms with Crippen molar-refractivity contribution in [2.75, 3.05) is 20.2 Å². The molecule has 1 aromatic carbocycles. The summed E-state index contributed by atoms with van der Waals surface area (Å²) >= 11 is 0. The van der Waals surface area contributed by atoms with Gasteiger partial charge in [-0.15, -0.1) is 0 Å². The third kappa shape index (κ3) is 2.72. The van der Waals surface area contributed by atoms with Crippen LogP contribution in [0.15, 0.2) is 24.3 Å². The summed E-state index contributed by atoms with van der Waals surface area (Å²) < 4.78 is 5.77. The highest BCUT2D eigenvalue weighted by molar-refractivity contribution is 5.26. The number of aryl methyl sites for hydroxylation is 1. The zero-order chi connectivity index (χ0) is 10.7. The first-order valence-corrected chi connectivity index (χ1v) is 5.65. The van der Waals surface area contributed by atoms with Gasteiger partial charge in [0.15, 0.2) is 0 Å². The average molecular weight is 205 g/mol. The van der Waals surface area contributed by atoms with Crippen molar-refractivity contribution in [3.8, 4) is 5.75 Å². The quantitative estimate of drug-likeness (QED) is 0.751. The van der Waals surface area contributed by atoms with Gasteiger partial charge in [0.1, 0.15) is 12.4 Å². The van der Waals surface area contributed by atoms with E-state index < -0.39 is 0 Å². The maximum atomic E-state index is 5.77. The first kappa shape index (κ1) is 10.5. The summed E-state index contributed by atoms with van der Waals surface area (Å²) in [5, 5.41) is 0. The number of benzene rings is 1. The van der Waals surface area contributed by atoms with E-state index in [1.807, 2.05) is 12.1 Å². The normalized spacial score (nSPS) is 21.9. The molecule has 0 aromatic heterocycles. The van der Waals surface area contributed by atoms with Gasteiger partial charge in [0.25, 0.3) is 0 Å². The standard InChI is InChI=1S/C13H19NO/c1-11-5-7-13(8-6-11)15-10-12-4-3-9-14(12)2/h5-8,12H,3-4,9-10H2,1-2H3/t12-/m0/s1. The van der Waals surface area contributed by atoms with Crippen LogP contribution < -0.4 is 4.74 Å². The van der Waals surface area contributed by atoms with Crippen LogP contribution in [0.1, 0.15) is 18.4 Å². The highest BCUT2D eigenvalue weighted by atomic mass is 16.5. The Morgan fingerprint density at radius 3 is 2.67 bits per heavy atom. The molecular formula is C13H19NO. The average Bonchev–Trinajstić information content (AvgIpc) is 2.63. The van der Waals surface area contributed by atoms with E-state index in [9.17, 15) is 0 Å². The Morgan fingerprint density at radius 2 is 2.07 bits per heavy atom. The van der Waals surface area contributed by atoms with Crippen molar-refractivity contribution in [1.82, 2.24) is 4.90 Å². The van der Waals surface area contributed by atoms with Crippen molar-refractivity contribution in [2.24, 2.45) is 0 Å². The van der Waals surface area contributed by atoms with Gasteiger partial charge in [-0.05, 0) is 45.5 Å². The Kier molecular flexibility index (Phi) is 3.27. The van der Waals surface area contributed by atoms with E-state index in [4.69, 9.17) is 4.74 Å². The van der Waals surface area contributed by atoms with Crippen LogP contribution in [0.4, 0.5) is 0 Å². The molecule has 0 aliphatic carbocycles. The first-order valence-electron chi connectivity index (χ1n) is 5.65. The summed E-state index contributed by atoms with van der Waals surface area (Å²) in [5.74, 6) is 0.987. The summed E-state index contributed by atoms with van der Waals surface area (Å²) in [6.07, 6.45) is 2.57. The van der Waals surface area contributed by atoms with Crippen molar-refractivity contribution in [3.05, 3.63) is 29.8 Å². The summed E-state index contributed by atoms with van der Waals surface area (Å²) in [4.78, 5) is 2.38. The van der Waals surface area contributed by atoms with E-state index in [0.717, 1.165) is 12.4 Å². The maximum Gasteiger partial charge on any atom is 0.119 e. The molecule has 1 heterocycles. The third-order valence-electron chi connectivity index (χ3n) is 3.13. The van der Waals surface area contributed by atoms with Gasteiger partial charge in [0, 0.05) is 6.04 Å². The summed E-state index contributed by atoms with van der Waals surface area (Å²) in [7, 11) is 2.18. The number of hydrogen-bond acceptors (Lipinski definition) is 2. The molecule has 1 aliphatic heterocycles. The van der Waals surface area contributed by atoms with E-state index >= 15 is 0 Å². The molecule has 0 radical (unpaired) electrons. The lowest BCUT2D eigenvalue weighted by Crippen LogP contribution is -2.30. The highest BCUT2D eigenvalue weighted by Gasteiger charge is 2.20. The molecule has 2 rings (SSSR count). The van der Waals surface area contributed by atoms with Crippen LogP contribution in [-0.2, 0) is 0 Å². The lowest BCUT2D eigenvalue weighted by Gasteiger charge is -2.19. The number of nitrogens with zero attached hydrogens (tertiary/aromatic N) is 1. The van der Waals surface area contributed by atoms with Crippen LogP contribution >= 0.6 is 0 Å². The number of likely N-dealkylation sites (tertiary alicyclic amines) is 1. The molecule has 82 valence electrons. The second-order valence-corrected chi connectivity index (χ2v) is 4.40. The van der Waals surface area contributed by atoms with Crippen LogP contribution in [0.2, 0.25) is 0 Å². The molecule has 1 aliphatic rings. The SMILES string of the molecule is Cc1ccc(OC[C@@H]2CCCN2C)cc1. The van der Waals surface area contributed by atoms with E-state index in [-0.39, 0.29) is 0 Å². The van der Waals surface area contributed by atoms with E-state index in [1.54, 1.807) is 0 Å². The van der Waals surface area contributed by atoms with Gasteiger partial charge in [-0.3, -0.25) is 0 Å². The van der Waals surface area contributed by atoms with Crippen LogP contribution in [0.3, 0.4) is 0 Å². The zero-order valence-corrected chi connectivity index (χ0v) is 9.57. The molecule has 0 unspecified atom stereocenters. The fourth-order valence-corrected chi connectivity index (χ4v) is 2.02. The minimum absolute atomic E-state index is 0.603. The van der Waals surface area contributed by atoms with Crippen molar-refractivity contribution in [2.45, 2.75) is 25.8 Å². The van der Waals surface area contributed by atoms with Gasteiger partial charge in [0.05, 0.1) is 0 Å². The van der Waals surface area contributed by atoms with E-state index in [0.29, 0.717) is 6.04 Å². The fourth-order valence-electron chi connectivity index (χ4n) is 2.02. The molecule has 0 bridgehead atoms. The molecule has 1 saturated heterocycles. The minimum atomic E-state index is 0.603. The van der Waals surface area contributed by atoms with Crippen molar-refractivity contribution in [1.29, 1.82) is 0 Å². The Labute approximate surface area is 91.9 Å². The lowest BCUT2D eigenvalue weighted by atomic mass is 10.2. The predicted molar refractivity (Wildman–Crippen MR) is 62.3 cm³/mol. The molecule has 0 spiro atoms. The minimum Gasteiger partial charge on any atom is -0.492 e. The maximum absolute atomic E-state index is 5.77. The molecular weight excluding hydrogens is 186 g/mol. The Hall–Kier alpha value is -1.02. The van der Waals surface area contributed by atoms with Crippen molar-refractivity contribution in [3.63, 3.8) is 0 Å². The van der Waals surface area contributed by atoms with Crippen LogP contribution in [0.5, 0.6) is 5.75 Å². The topological polar surface area (TPSA) is 12.5 Å². The molecule has 2 nitrogen and oxygen atoms in total. The third-order valence-corrected chi connectivity index (χ3v) is 3.13. The van der Waals surface area contributed by atoms with E-state index in [2.05, 4.69) is 31.0 Å². The van der Waals surface area contributed by atoms with Crippen molar-refractivity contribution >= 4 is 0 Å². The summed E-state index contributed by atoms with van der Waals surface area (Å²) in [6, 6.07) is 8.88. The Balaban J connectivity index is 1.85. The van der Waals surface area contributed by atoms with Gasteiger partial charge in [-0.2, -0.15) is 0 Å². The first-order chi connectivity index (χ1) is 7.25. The van der Waals surface area contributed by atoms with Crippen molar-refractivity contribution < 1.29 is 4.74 Å². The van der Waals surface area contributed by atoms with Crippen LogP contribution in [-0.4, -0.2) is 31.1 Å². The molecule has 1 atom stereocenters. The lowest BCUT2D eigenvalue weighted by molar-refractivity contribution is 0.198. The smallest absolute Gasteiger partial charge is 0.119 e.